The molecule has 5 heteroatoms. The standard InChI is InChI=1S/C21H23NO4/c22-11-14-1-3-18(4-2-14)25-13-20(24)26-12-19(23)21-8-15-5-16(9-21)7-17(6-15)10-21/h1-4,15-17H,5-10,12-13H2. The summed E-state index contributed by atoms with van der Waals surface area (Å²) >= 11 is 0. The molecule has 0 aromatic heterocycles. The van der Waals surface area contributed by atoms with E-state index in [1.807, 2.05) is 6.07 Å². The first kappa shape index (κ1) is 17.1. The van der Waals surface area contributed by atoms with Gasteiger partial charge in [0.1, 0.15) is 5.75 Å². The molecule has 26 heavy (non-hydrogen) atoms. The van der Waals surface area contributed by atoms with E-state index in [-0.39, 0.29) is 24.4 Å². The van der Waals surface area contributed by atoms with Gasteiger partial charge in [-0.2, -0.15) is 5.26 Å². The van der Waals surface area contributed by atoms with Crippen molar-refractivity contribution < 1.29 is 19.1 Å². The van der Waals surface area contributed by atoms with Crippen molar-refractivity contribution in [2.45, 2.75) is 38.5 Å². The van der Waals surface area contributed by atoms with Crippen molar-refractivity contribution in [3.8, 4) is 11.8 Å². The molecule has 5 rings (SSSR count). The Morgan fingerprint density at radius 1 is 1.00 bits per heavy atom. The van der Waals surface area contributed by atoms with Gasteiger partial charge in [0, 0.05) is 5.41 Å². The topological polar surface area (TPSA) is 76.4 Å². The Balaban J connectivity index is 1.26. The van der Waals surface area contributed by atoms with Gasteiger partial charge in [-0.1, -0.05) is 0 Å². The zero-order valence-corrected chi connectivity index (χ0v) is 14.8. The van der Waals surface area contributed by atoms with Gasteiger partial charge >= 0.3 is 5.97 Å². The van der Waals surface area contributed by atoms with Crippen LogP contribution in [0.15, 0.2) is 24.3 Å². The highest BCUT2D eigenvalue weighted by Crippen LogP contribution is 2.60. The number of rotatable bonds is 6. The van der Waals surface area contributed by atoms with E-state index in [0.717, 1.165) is 19.3 Å². The lowest BCUT2D eigenvalue weighted by atomic mass is 9.48. The number of Topliss-reactive ketones (excluding diaryl/α,β-unsaturated/α-hetero) is 1. The van der Waals surface area contributed by atoms with Crippen molar-refractivity contribution in [2.24, 2.45) is 23.2 Å². The minimum Gasteiger partial charge on any atom is -0.482 e. The Kier molecular flexibility index (Phi) is 4.44. The van der Waals surface area contributed by atoms with Crippen LogP contribution in [0.3, 0.4) is 0 Å². The minimum absolute atomic E-state index is 0.100. The molecule has 4 fully saturated rings. The summed E-state index contributed by atoms with van der Waals surface area (Å²) < 4.78 is 10.5. The monoisotopic (exact) mass is 353 g/mol. The van der Waals surface area contributed by atoms with E-state index in [1.165, 1.54) is 19.3 Å². The molecule has 4 saturated carbocycles. The van der Waals surface area contributed by atoms with Gasteiger partial charge in [0.15, 0.2) is 19.0 Å². The number of hydrogen-bond acceptors (Lipinski definition) is 5. The van der Waals surface area contributed by atoms with Crippen molar-refractivity contribution in [3.63, 3.8) is 0 Å². The maximum absolute atomic E-state index is 12.8. The lowest BCUT2D eigenvalue weighted by molar-refractivity contribution is -0.158. The van der Waals surface area contributed by atoms with Gasteiger partial charge in [0.2, 0.25) is 0 Å². The van der Waals surface area contributed by atoms with Gasteiger partial charge < -0.3 is 9.47 Å². The number of nitrogens with zero attached hydrogens (tertiary/aromatic N) is 1. The Bertz CT molecular complexity index is 711. The first-order valence-corrected chi connectivity index (χ1v) is 9.38. The lowest BCUT2D eigenvalue weighted by Gasteiger charge is -2.55. The third-order valence-electron chi connectivity index (χ3n) is 6.33. The SMILES string of the molecule is N#Cc1ccc(OCC(=O)OCC(=O)C23CC4CC(CC(C4)C2)C3)cc1. The van der Waals surface area contributed by atoms with Crippen LogP contribution in [0.4, 0.5) is 0 Å². The van der Waals surface area contributed by atoms with Crippen molar-refractivity contribution >= 4 is 11.8 Å². The molecule has 0 spiro atoms. The van der Waals surface area contributed by atoms with E-state index in [4.69, 9.17) is 14.7 Å². The van der Waals surface area contributed by atoms with E-state index >= 15 is 0 Å². The number of benzene rings is 1. The van der Waals surface area contributed by atoms with Gasteiger partial charge in [-0.05, 0) is 80.5 Å². The molecule has 5 nitrogen and oxygen atoms in total. The summed E-state index contributed by atoms with van der Waals surface area (Å²) in [5.74, 6) is 2.14. The summed E-state index contributed by atoms with van der Waals surface area (Å²) in [6.45, 7) is -0.373. The maximum Gasteiger partial charge on any atom is 0.344 e. The van der Waals surface area contributed by atoms with Crippen LogP contribution in [0.1, 0.15) is 44.1 Å². The average Bonchev–Trinajstić information content (AvgIpc) is 2.63. The number of nitriles is 1. The highest BCUT2D eigenvalue weighted by Gasteiger charge is 2.54. The number of carbonyl (C=O) groups is 2. The fourth-order valence-corrected chi connectivity index (χ4v) is 5.56. The predicted octanol–water partition coefficient (Wildman–Crippen LogP) is 3.27. The summed E-state index contributed by atoms with van der Waals surface area (Å²) in [5, 5.41) is 8.76. The largest absolute Gasteiger partial charge is 0.482 e. The quantitative estimate of drug-likeness (QED) is 0.734. The number of carbonyl (C=O) groups excluding carboxylic acids is 2. The molecule has 136 valence electrons. The Morgan fingerprint density at radius 2 is 1.58 bits per heavy atom. The number of ether oxygens (including phenoxy) is 2. The highest BCUT2D eigenvalue weighted by atomic mass is 16.6. The second kappa shape index (κ2) is 6.75. The van der Waals surface area contributed by atoms with E-state index in [9.17, 15) is 9.59 Å². The average molecular weight is 353 g/mol. The van der Waals surface area contributed by atoms with Crippen LogP contribution < -0.4 is 4.74 Å². The van der Waals surface area contributed by atoms with Crippen LogP contribution in [0.2, 0.25) is 0 Å². The summed E-state index contributed by atoms with van der Waals surface area (Å²) in [5.41, 5.74) is 0.296. The zero-order valence-electron chi connectivity index (χ0n) is 14.8. The Labute approximate surface area is 153 Å². The van der Waals surface area contributed by atoms with Gasteiger partial charge in [0.05, 0.1) is 11.6 Å². The number of ketones is 1. The summed E-state index contributed by atoms with van der Waals surface area (Å²) in [6, 6.07) is 8.53. The first-order valence-electron chi connectivity index (χ1n) is 9.38. The van der Waals surface area contributed by atoms with Gasteiger partial charge in [-0.25, -0.2) is 4.79 Å². The second-order valence-electron chi connectivity index (χ2n) is 8.21. The Hall–Kier alpha value is -2.35. The molecule has 1 aromatic carbocycles. The van der Waals surface area contributed by atoms with Gasteiger partial charge in [-0.15, -0.1) is 0 Å². The van der Waals surface area contributed by atoms with Crippen molar-refractivity contribution in [1.82, 2.24) is 0 Å². The molecule has 4 aliphatic carbocycles. The fourth-order valence-electron chi connectivity index (χ4n) is 5.56. The van der Waals surface area contributed by atoms with E-state index in [1.54, 1.807) is 24.3 Å². The van der Waals surface area contributed by atoms with Crippen LogP contribution in [0, 0.1) is 34.5 Å². The molecule has 0 radical (unpaired) electrons. The smallest absolute Gasteiger partial charge is 0.344 e. The maximum atomic E-state index is 12.8. The molecule has 0 heterocycles. The molecule has 0 saturated heterocycles. The minimum atomic E-state index is -0.535. The van der Waals surface area contributed by atoms with Crippen LogP contribution in [0.5, 0.6) is 5.75 Å². The van der Waals surface area contributed by atoms with E-state index in [0.29, 0.717) is 29.1 Å². The number of hydrogen-bond donors (Lipinski definition) is 0. The molecule has 0 N–H and O–H groups in total. The van der Waals surface area contributed by atoms with Crippen LogP contribution in [-0.2, 0) is 14.3 Å². The van der Waals surface area contributed by atoms with Crippen LogP contribution in [0.25, 0.3) is 0 Å². The molecule has 0 aliphatic heterocycles. The van der Waals surface area contributed by atoms with Gasteiger partial charge in [-0.3, -0.25) is 4.79 Å². The van der Waals surface area contributed by atoms with Crippen LogP contribution >= 0.6 is 0 Å². The molecule has 1 aromatic rings. The van der Waals surface area contributed by atoms with Crippen molar-refractivity contribution in [1.29, 1.82) is 5.26 Å². The molecule has 0 unspecified atom stereocenters. The zero-order chi connectivity index (χ0) is 18.1. The van der Waals surface area contributed by atoms with Gasteiger partial charge in [0.25, 0.3) is 0 Å². The Morgan fingerprint density at radius 3 is 2.12 bits per heavy atom. The normalized spacial score (nSPS) is 31.3. The second-order valence-corrected chi connectivity index (χ2v) is 8.21. The molecule has 4 aliphatic rings. The molecule has 0 amide bonds. The highest BCUT2D eigenvalue weighted by molar-refractivity contribution is 5.88. The van der Waals surface area contributed by atoms with E-state index < -0.39 is 5.97 Å². The molecular weight excluding hydrogens is 330 g/mol. The third-order valence-corrected chi connectivity index (χ3v) is 6.33. The van der Waals surface area contributed by atoms with Crippen molar-refractivity contribution in [3.05, 3.63) is 29.8 Å². The first-order chi connectivity index (χ1) is 12.6. The summed E-state index contributed by atoms with van der Waals surface area (Å²) in [7, 11) is 0. The molecule has 0 atom stereocenters. The van der Waals surface area contributed by atoms with E-state index in [2.05, 4.69) is 0 Å². The lowest BCUT2D eigenvalue weighted by Crippen LogP contribution is -2.51. The third kappa shape index (κ3) is 3.33. The summed E-state index contributed by atoms with van der Waals surface area (Å²) in [4.78, 5) is 24.7. The molecule has 4 bridgehead atoms. The summed E-state index contributed by atoms with van der Waals surface area (Å²) in [6.07, 6.45) is 6.80. The van der Waals surface area contributed by atoms with Crippen molar-refractivity contribution in [2.75, 3.05) is 13.2 Å². The predicted molar refractivity (Wildman–Crippen MR) is 93.2 cm³/mol. The fraction of sp³-hybridized carbons (Fsp3) is 0.571. The van der Waals surface area contributed by atoms with Crippen LogP contribution in [-0.4, -0.2) is 25.0 Å². The number of esters is 1. The molecular formula is C21H23NO4.